The van der Waals surface area contributed by atoms with Crippen molar-refractivity contribution in [1.82, 2.24) is 4.98 Å². The summed E-state index contributed by atoms with van der Waals surface area (Å²) in [4.78, 5) is 14.6. The lowest BCUT2D eigenvalue weighted by atomic mass is 10.2. The Hall–Kier alpha value is -1.84. The number of ether oxygens (including phenoxy) is 1. The van der Waals surface area contributed by atoms with Crippen molar-refractivity contribution in [1.29, 1.82) is 0 Å². The van der Waals surface area contributed by atoms with Gasteiger partial charge in [-0.15, -0.1) is 0 Å². The van der Waals surface area contributed by atoms with Gasteiger partial charge in [0.1, 0.15) is 11.3 Å². The van der Waals surface area contributed by atoms with E-state index >= 15 is 0 Å². The molecule has 0 spiro atoms. The van der Waals surface area contributed by atoms with Crippen molar-refractivity contribution in [2.24, 2.45) is 0 Å². The van der Waals surface area contributed by atoms with Crippen LogP contribution in [0.25, 0.3) is 6.08 Å². The third kappa shape index (κ3) is 1.66. The highest BCUT2D eigenvalue weighted by atomic mass is 16.5. The highest BCUT2D eigenvalue weighted by Crippen LogP contribution is 2.20. The first-order valence-corrected chi connectivity index (χ1v) is 3.59. The zero-order valence-electron chi connectivity index (χ0n) is 7.15. The summed E-state index contributed by atoms with van der Waals surface area (Å²) in [5.74, 6) is -0.780. The molecule has 4 nitrogen and oxygen atoms in total. The van der Waals surface area contributed by atoms with Crippen LogP contribution in [0, 0.1) is 0 Å². The molecule has 0 bridgehead atoms. The third-order valence-corrected chi connectivity index (χ3v) is 1.57. The normalized spacial score (nSPS) is 9.31. The number of methoxy groups -OCH3 is 1. The zero-order valence-corrected chi connectivity index (χ0v) is 7.15. The number of aromatic carboxylic acids is 1. The molecule has 0 aliphatic rings. The fourth-order valence-electron chi connectivity index (χ4n) is 0.999. The predicted molar refractivity (Wildman–Crippen MR) is 47.8 cm³/mol. The number of carbonyl (C=O) groups is 1. The Labute approximate surface area is 75.5 Å². The molecular formula is C9H9NO3. The average Bonchev–Trinajstić information content (AvgIpc) is 2.16. The van der Waals surface area contributed by atoms with Crippen LogP contribution in [-0.2, 0) is 0 Å². The summed E-state index contributed by atoms with van der Waals surface area (Å²) < 4.78 is 4.88. The van der Waals surface area contributed by atoms with Crippen LogP contribution in [-0.4, -0.2) is 23.2 Å². The van der Waals surface area contributed by atoms with E-state index in [1.165, 1.54) is 25.4 Å². The molecule has 0 radical (unpaired) electrons. The summed E-state index contributed by atoms with van der Waals surface area (Å²) in [5, 5.41) is 8.84. The number of carboxylic acid groups (broad SMARTS) is 1. The largest absolute Gasteiger partial charge is 0.496 e. The topological polar surface area (TPSA) is 59.4 Å². The fourth-order valence-corrected chi connectivity index (χ4v) is 0.999. The molecule has 1 rings (SSSR count). The fraction of sp³-hybridized carbons (Fsp3) is 0.111. The van der Waals surface area contributed by atoms with Crippen LogP contribution in [0.3, 0.4) is 0 Å². The van der Waals surface area contributed by atoms with E-state index in [0.29, 0.717) is 5.69 Å². The maximum absolute atomic E-state index is 10.8. The van der Waals surface area contributed by atoms with Crippen molar-refractivity contribution >= 4 is 12.0 Å². The van der Waals surface area contributed by atoms with Crippen molar-refractivity contribution in [3.8, 4) is 5.75 Å². The van der Waals surface area contributed by atoms with Crippen molar-refractivity contribution in [3.05, 3.63) is 30.1 Å². The van der Waals surface area contributed by atoms with Crippen molar-refractivity contribution in [2.75, 3.05) is 7.11 Å². The first kappa shape index (κ1) is 9.25. The lowest BCUT2D eigenvalue weighted by Crippen LogP contribution is -2.04. The minimum Gasteiger partial charge on any atom is -0.496 e. The summed E-state index contributed by atoms with van der Waals surface area (Å²) in [6.07, 6.45) is 2.86. The second-order valence-corrected chi connectivity index (χ2v) is 2.28. The predicted octanol–water partition coefficient (Wildman–Crippen LogP) is 1.43. The number of carboxylic acids is 1. The Morgan fingerprint density at radius 1 is 1.77 bits per heavy atom. The van der Waals surface area contributed by atoms with Gasteiger partial charge in [0.05, 0.1) is 12.8 Å². The number of pyridine rings is 1. The molecule has 1 N–H and O–H groups in total. The van der Waals surface area contributed by atoms with E-state index in [4.69, 9.17) is 9.84 Å². The van der Waals surface area contributed by atoms with Crippen LogP contribution in [0.5, 0.6) is 5.75 Å². The zero-order chi connectivity index (χ0) is 9.84. The summed E-state index contributed by atoms with van der Waals surface area (Å²) in [5.41, 5.74) is 0.354. The standard InChI is InChI=1S/C9H9NO3/c1-3-6-8(9(11)12)7(13-2)4-5-10-6/h3-5H,1H2,2H3,(H,11,12). The molecule has 0 amide bonds. The van der Waals surface area contributed by atoms with Gasteiger partial charge in [0.15, 0.2) is 0 Å². The number of aromatic nitrogens is 1. The van der Waals surface area contributed by atoms with Gasteiger partial charge in [-0.3, -0.25) is 4.98 Å². The van der Waals surface area contributed by atoms with Gasteiger partial charge in [0.25, 0.3) is 0 Å². The van der Waals surface area contributed by atoms with Crippen molar-refractivity contribution < 1.29 is 14.6 Å². The lowest BCUT2D eigenvalue weighted by molar-refractivity contribution is 0.0692. The van der Waals surface area contributed by atoms with Crippen LogP contribution in [0.2, 0.25) is 0 Å². The van der Waals surface area contributed by atoms with Gasteiger partial charge < -0.3 is 9.84 Å². The molecule has 0 unspecified atom stereocenters. The highest BCUT2D eigenvalue weighted by Gasteiger charge is 2.14. The van der Waals surface area contributed by atoms with E-state index < -0.39 is 5.97 Å². The molecule has 0 saturated carbocycles. The Morgan fingerprint density at radius 2 is 2.46 bits per heavy atom. The second-order valence-electron chi connectivity index (χ2n) is 2.28. The van der Waals surface area contributed by atoms with E-state index in [2.05, 4.69) is 11.6 Å². The summed E-state index contributed by atoms with van der Waals surface area (Å²) in [7, 11) is 1.41. The molecular weight excluding hydrogens is 170 g/mol. The van der Waals surface area contributed by atoms with Crippen LogP contribution < -0.4 is 4.74 Å². The Balaban J connectivity index is 3.38. The maximum atomic E-state index is 10.8. The summed E-state index contributed by atoms with van der Waals surface area (Å²) in [6, 6.07) is 1.50. The minimum atomic E-state index is -1.07. The first-order chi connectivity index (χ1) is 6.20. The molecule has 1 aromatic heterocycles. The maximum Gasteiger partial charge on any atom is 0.341 e. The van der Waals surface area contributed by atoms with Gasteiger partial charge in [0.2, 0.25) is 0 Å². The summed E-state index contributed by atoms with van der Waals surface area (Å²) in [6.45, 7) is 3.47. The number of rotatable bonds is 3. The van der Waals surface area contributed by atoms with Gasteiger partial charge in [-0.05, 0) is 12.1 Å². The Bertz CT molecular complexity index is 347. The van der Waals surface area contributed by atoms with Gasteiger partial charge in [-0.25, -0.2) is 4.79 Å². The van der Waals surface area contributed by atoms with Crippen molar-refractivity contribution in [2.45, 2.75) is 0 Å². The lowest BCUT2D eigenvalue weighted by Gasteiger charge is -2.05. The molecule has 1 heterocycles. The highest BCUT2D eigenvalue weighted by molar-refractivity contribution is 5.94. The number of hydrogen-bond donors (Lipinski definition) is 1. The van der Waals surface area contributed by atoms with Crippen LogP contribution in [0.4, 0.5) is 0 Å². The SMILES string of the molecule is C=Cc1nccc(OC)c1C(=O)O. The van der Waals surface area contributed by atoms with Crippen molar-refractivity contribution in [3.63, 3.8) is 0 Å². The Morgan fingerprint density at radius 3 is 2.92 bits per heavy atom. The molecule has 0 aromatic carbocycles. The molecule has 0 aliphatic carbocycles. The molecule has 68 valence electrons. The number of nitrogens with zero attached hydrogens (tertiary/aromatic N) is 1. The number of hydrogen-bond acceptors (Lipinski definition) is 3. The monoisotopic (exact) mass is 179 g/mol. The molecule has 13 heavy (non-hydrogen) atoms. The van der Waals surface area contributed by atoms with E-state index in [1.54, 1.807) is 0 Å². The third-order valence-electron chi connectivity index (χ3n) is 1.57. The van der Waals surface area contributed by atoms with E-state index in [9.17, 15) is 4.79 Å². The average molecular weight is 179 g/mol. The van der Waals surface area contributed by atoms with E-state index in [-0.39, 0.29) is 11.3 Å². The molecule has 0 saturated heterocycles. The minimum absolute atomic E-state index is 0.0417. The quantitative estimate of drug-likeness (QED) is 0.762. The van der Waals surface area contributed by atoms with Gasteiger partial charge >= 0.3 is 5.97 Å². The smallest absolute Gasteiger partial charge is 0.341 e. The second kappa shape index (κ2) is 3.71. The van der Waals surface area contributed by atoms with Gasteiger partial charge in [-0.1, -0.05) is 6.58 Å². The molecule has 0 atom stereocenters. The van der Waals surface area contributed by atoms with Gasteiger partial charge in [-0.2, -0.15) is 0 Å². The van der Waals surface area contributed by atoms with Crippen LogP contribution >= 0.6 is 0 Å². The van der Waals surface area contributed by atoms with Gasteiger partial charge in [0, 0.05) is 6.20 Å². The molecule has 4 heteroatoms. The van der Waals surface area contributed by atoms with E-state index in [0.717, 1.165) is 0 Å². The first-order valence-electron chi connectivity index (χ1n) is 3.59. The Kier molecular flexibility index (Phi) is 2.64. The molecule has 0 fully saturated rings. The van der Waals surface area contributed by atoms with Crippen LogP contribution in [0.1, 0.15) is 16.1 Å². The molecule has 1 aromatic rings. The molecule has 0 aliphatic heterocycles. The van der Waals surface area contributed by atoms with E-state index in [1.807, 2.05) is 0 Å². The van der Waals surface area contributed by atoms with Crippen LogP contribution in [0.15, 0.2) is 18.8 Å². The summed E-state index contributed by atoms with van der Waals surface area (Å²) >= 11 is 0.